The standard InChI is InChI=1S/C22H25N3OS2/c1-16-20(28-22(24-16)19-9-12-27-15-19)21(26)23-13-17-5-7-18(8-6-17)14-25-10-3-2-4-11-25/h5-9,12,15H,2-4,10-11,13-14H2,1H3,(H,23,26). The first-order valence-corrected chi connectivity index (χ1v) is 11.5. The number of piperidine rings is 1. The van der Waals surface area contributed by atoms with E-state index >= 15 is 0 Å². The molecule has 0 unspecified atom stereocenters. The van der Waals surface area contributed by atoms with Gasteiger partial charge in [0.15, 0.2) is 0 Å². The highest BCUT2D eigenvalue weighted by atomic mass is 32.1. The number of aryl methyl sites for hydroxylation is 1. The number of benzene rings is 1. The van der Waals surface area contributed by atoms with E-state index in [0.29, 0.717) is 11.4 Å². The average molecular weight is 412 g/mol. The summed E-state index contributed by atoms with van der Waals surface area (Å²) < 4.78 is 0. The molecule has 4 nitrogen and oxygen atoms in total. The molecule has 1 amide bonds. The molecule has 1 aliphatic heterocycles. The Morgan fingerprint density at radius 3 is 2.57 bits per heavy atom. The smallest absolute Gasteiger partial charge is 0.263 e. The van der Waals surface area contributed by atoms with Crippen molar-refractivity contribution in [3.63, 3.8) is 0 Å². The molecular formula is C22H25N3OS2. The molecular weight excluding hydrogens is 386 g/mol. The number of hydrogen-bond acceptors (Lipinski definition) is 5. The Balaban J connectivity index is 1.33. The molecule has 0 spiro atoms. The monoisotopic (exact) mass is 411 g/mol. The summed E-state index contributed by atoms with van der Waals surface area (Å²) in [4.78, 5) is 20.4. The van der Waals surface area contributed by atoms with Crippen LogP contribution in [-0.4, -0.2) is 28.9 Å². The fourth-order valence-corrected chi connectivity index (χ4v) is 5.21. The van der Waals surface area contributed by atoms with Gasteiger partial charge in [0.05, 0.1) is 5.69 Å². The molecule has 0 saturated carbocycles. The maximum atomic E-state index is 12.6. The Morgan fingerprint density at radius 2 is 1.86 bits per heavy atom. The van der Waals surface area contributed by atoms with Crippen LogP contribution in [-0.2, 0) is 13.1 Å². The van der Waals surface area contributed by atoms with Gasteiger partial charge in [-0.05, 0) is 55.4 Å². The van der Waals surface area contributed by atoms with Gasteiger partial charge in [-0.15, -0.1) is 11.3 Å². The lowest BCUT2D eigenvalue weighted by molar-refractivity contribution is 0.0954. The van der Waals surface area contributed by atoms with E-state index in [4.69, 9.17) is 0 Å². The zero-order valence-corrected chi connectivity index (χ0v) is 17.7. The van der Waals surface area contributed by atoms with Crippen LogP contribution in [0.2, 0.25) is 0 Å². The molecule has 146 valence electrons. The van der Waals surface area contributed by atoms with Crippen molar-refractivity contribution in [2.45, 2.75) is 39.3 Å². The second-order valence-corrected chi connectivity index (χ2v) is 9.06. The summed E-state index contributed by atoms with van der Waals surface area (Å²) in [7, 11) is 0. The molecule has 0 aliphatic carbocycles. The highest BCUT2D eigenvalue weighted by molar-refractivity contribution is 7.17. The molecule has 1 saturated heterocycles. The van der Waals surface area contributed by atoms with Crippen LogP contribution >= 0.6 is 22.7 Å². The number of hydrogen-bond donors (Lipinski definition) is 1. The quantitative estimate of drug-likeness (QED) is 0.614. The molecule has 28 heavy (non-hydrogen) atoms. The SMILES string of the molecule is Cc1nc(-c2ccsc2)sc1C(=O)NCc1ccc(CN2CCCCC2)cc1. The van der Waals surface area contributed by atoms with Crippen molar-refractivity contribution >= 4 is 28.6 Å². The lowest BCUT2D eigenvalue weighted by Crippen LogP contribution is -2.29. The van der Waals surface area contributed by atoms with Crippen molar-refractivity contribution in [1.82, 2.24) is 15.2 Å². The zero-order valence-electron chi connectivity index (χ0n) is 16.1. The maximum Gasteiger partial charge on any atom is 0.263 e. The van der Waals surface area contributed by atoms with Gasteiger partial charge in [0.2, 0.25) is 0 Å². The van der Waals surface area contributed by atoms with Gasteiger partial charge in [-0.2, -0.15) is 11.3 Å². The summed E-state index contributed by atoms with van der Waals surface area (Å²) in [6.07, 6.45) is 3.99. The van der Waals surface area contributed by atoms with Gasteiger partial charge in [-0.3, -0.25) is 9.69 Å². The van der Waals surface area contributed by atoms with E-state index in [1.54, 1.807) is 11.3 Å². The van der Waals surface area contributed by atoms with Gasteiger partial charge in [0.1, 0.15) is 9.88 Å². The molecule has 2 aromatic heterocycles. The van der Waals surface area contributed by atoms with Crippen molar-refractivity contribution in [1.29, 1.82) is 0 Å². The Kier molecular flexibility index (Phi) is 6.20. The zero-order chi connectivity index (χ0) is 19.3. The minimum atomic E-state index is -0.0473. The second kappa shape index (κ2) is 8.99. The number of carbonyl (C=O) groups is 1. The number of carbonyl (C=O) groups excluding carboxylic acids is 1. The van der Waals surface area contributed by atoms with Crippen molar-refractivity contribution in [3.05, 3.63) is 62.8 Å². The maximum absolute atomic E-state index is 12.6. The molecule has 1 N–H and O–H groups in total. The Bertz CT molecular complexity index is 910. The van der Waals surface area contributed by atoms with E-state index in [-0.39, 0.29) is 5.91 Å². The number of aromatic nitrogens is 1. The first kappa shape index (κ1) is 19.3. The minimum Gasteiger partial charge on any atom is -0.347 e. The Hall–Kier alpha value is -2.02. The molecule has 0 radical (unpaired) electrons. The lowest BCUT2D eigenvalue weighted by Gasteiger charge is -2.26. The third-order valence-electron chi connectivity index (χ3n) is 5.10. The summed E-state index contributed by atoms with van der Waals surface area (Å²) in [5.41, 5.74) is 4.34. The van der Waals surface area contributed by atoms with Gasteiger partial charge in [0, 0.05) is 24.0 Å². The number of amides is 1. The Morgan fingerprint density at radius 1 is 1.11 bits per heavy atom. The van der Waals surface area contributed by atoms with Gasteiger partial charge in [-0.25, -0.2) is 4.98 Å². The normalized spacial score (nSPS) is 14.9. The largest absolute Gasteiger partial charge is 0.347 e. The predicted octanol–water partition coefficient (Wildman–Crippen LogP) is 5.10. The molecule has 0 bridgehead atoms. The van der Waals surface area contributed by atoms with Crippen LogP contribution in [0.1, 0.15) is 45.8 Å². The third kappa shape index (κ3) is 4.69. The van der Waals surface area contributed by atoms with E-state index in [0.717, 1.165) is 28.4 Å². The topological polar surface area (TPSA) is 45.2 Å². The minimum absolute atomic E-state index is 0.0473. The van der Waals surface area contributed by atoms with Crippen molar-refractivity contribution in [2.75, 3.05) is 13.1 Å². The van der Waals surface area contributed by atoms with E-state index in [1.165, 1.54) is 49.3 Å². The van der Waals surface area contributed by atoms with Crippen LogP contribution in [0.15, 0.2) is 41.1 Å². The molecule has 3 heterocycles. The molecule has 1 aliphatic rings. The average Bonchev–Trinajstić information content (AvgIpc) is 3.38. The first-order valence-electron chi connectivity index (χ1n) is 9.77. The second-order valence-electron chi connectivity index (χ2n) is 7.28. The van der Waals surface area contributed by atoms with Crippen molar-refractivity contribution in [2.24, 2.45) is 0 Å². The number of thiophene rings is 1. The van der Waals surface area contributed by atoms with Gasteiger partial charge in [-0.1, -0.05) is 30.7 Å². The van der Waals surface area contributed by atoms with E-state index < -0.39 is 0 Å². The number of rotatable bonds is 6. The molecule has 1 aromatic carbocycles. The number of nitrogens with one attached hydrogen (secondary N) is 1. The Labute approximate surface area is 174 Å². The molecule has 4 rings (SSSR count). The molecule has 3 aromatic rings. The predicted molar refractivity (Wildman–Crippen MR) is 117 cm³/mol. The number of thiazole rings is 1. The van der Waals surface area contributed by atoms with Crippen LogP contribution in [0.3, 0.4) is 0 Å². The summed E-state index contributed by atoms with van der Waals surface area (Å²) in [6.45, 7) is 5.88. The summed E-state index contributed by atoms with van der Waals surface area (Å²) in [5.74, 6) is -0.0473. The summed E-state index contributed by atoms with van der Waals surface area (Å²) >= 11 is 3.10. The number of nitrogens with zero attached hydrogens (tertiary/aromatic N) is 2. The van der Waals surface area contributed by atoms with Gasteiger partial charge in [0.25, 0.3) is 5.91 Å². The fourth-order valence-electron chi connectivity index (χ4n) is 3.52. The summed E-state index contributed by atoms with van der Waals surface area (Å²) in [6, 6.07) is 10.6. The molecule has 6 heteroatoms. The highest BCUT2D eigenvalue weighted by Gasteiger charge is 2.16. The van der Waals surface area contributed by atoms with Crippen molar-refractivity contribution in [3.8, 4) is 10.6 Å². The van der Waals surface area contributed by atoms with Crippen LogP contribution in [0, 0.1) is 6.92 Å². The fraction of sp³-hybridized carbons (Fsp3) is 0.364. The third-order valence-corrected chi connectivity index (χ3v) is 6.99. The van der Waals surface area contributed by atoms with Gasteiger partial charge >= 0.3 is 0 Å². The van der Waals surface area contributed by atoms with Crippen LogP contribution in [0.25, 0.3) is 10.6 Å². The van der Waals surface area contributed by atoms with E-state index in [9.17, 15) is 4.79 Å². The van der Waals surface area contributed by atoms with E-state index in [2.05, 4.69) is 44.8 Å². The molecule has 0 atom stereocenters. The highest BCUT2D eigenvalue weighted by Crippen LogP contribution is 2.29. The van der Waals surface area contributed by atoms with Gasteiger partial charge < -0.3 is 5.32 Å². The summed E-state index contributed by atoms with van der Waals surface area (Å²) in [5, 5.41) is 8.04. The lowest BCUT2D eigenvalue weighted by atomic mass is 10.1. The van der Waals surface area contributed by atoms with Crippen LogP contribution < -0.4 is 5.32 Å². The first-order chi connectivity index (χ1) is 13.7. The van der Waals surface area contributed by atoms with Crippen molar-refractivity contribution < 1.29 is 4.79 Å². The van der Waals surface area contributed by atoms with E-state index in [1.807, 2.05) is 18.4 Å². The molecule has 1 fully saturated rings. The van der Waals surface area contributed by atoms with Crippen LogP contribution in [0.4, 0.5) is 0 Å². The van der Waals surface area contributed by atoms with Crippen LogP contribution in [0.5, 0.6) is 0 Å². The number of likely N-dealkylation sites (tertiary alicyclic amines) is 1.